The van der Waals surface area contributed by atoms with Crippen molar-refractivity contribution in [3.05, 3.63) is 35.2 Å². The van der Waals surface area contributed by atoms with Gasteiger partial charge >= 0.3 is 0 Å². The highest BCUT2D eigenvalue weighted by Gasteiger charge is 2.33. The van der Waals surface area contributed by atoms with Crippen LogP contribution in [0, 0.1) is 13.8 Å². The number of carbonyl (C=O) groups excluding carboxylic acids is 1. The van der Waals surface area contributed by atoms with Crippen LogP contribution < -0.4 is 14.8 Å². The Morgan fingerprint density at radius 2 is 1.72 bits per heavy atom. The monoisotopic (exact) mass is 422 g/mol. The lowest BCUT2D eigenvalue weighted by atomic mass is 10.1. The zero-order chi connectivity index (χ0) is 21.2. The minimum absolute atomic E-state index is 0.113. The second-order valence-corrected chi connectivity index (χ2v) is 8.89. The van der Waals surface area contributed by atoms with E-state index in [-0.39, 0.29) is 16.8 Å². The van der Waals surface area contributed by atoms with Gasteiger partial charge in [-0.1, -0.05) is 0 Å². The van der Waals surface area contributed by atoms with Gasteiger partial charge in [0.2, 0.25) is 10.0 Å². The number of nitrogens with one attached hydrogen (secondary N) is 2. The van der Waals surface area contributed by atoms with Crippen molar-refractivity contribution in [2.75, 3.05) is 27.3 Å². The molecule has 2 heterocycles. The van der Waals surface area contributed by atoms with Crippen LogP contribution in [0.4, 0.5) is 0 Å². The summed E-state index contributed by atoms with van der Waals surface area (Å²) in [6.07, 6.45) is 1.06. The molecule has 0 saturated carbocycles. The van der Waals surface area contributed by atoms with Crippen molar-refractivity contribution in [2.24, 2.45) is 0 Å². The lowest BCUT2D eigenvalue weighted by Gasteiger charge is -2.31. The number of aromatic nitrogens is 2. The van der Waals surface area contributed by atoms with Gasteiger partial charge in [-0.25, -0.2) is 8.42 Å². The van der Waals surface area contributed by atoms with E-state index in [9.17, 15) is 13.2 Å². The summed E-state index contributed by atoms with van der Waals surface area (Å²) in [6, 6.07) is 4.86. The Morgan fingerprint density at radius 1 is 1.14 bits per heavy atom. The number of ether oxygens (including phenoxy) is 2. The fourth-order valence-corrected chi connectivity index (χ4v) is 5.30. The Kier molecular flexibility index (Phi) is 6.13. The van der Waals surface area contributed by atoms with Crippen LogP contribution in [0.5, 0.6) is 11.5 Å². The first kappa shape index (κ1) is 21.1. The summed E-state index contributed by atoms with van der Waals surface area (Å²) in [5, 5.41) is 9.68. The molecule has 1 fully saturated rings. The van der Waals surface area contributed by atoms with Gasteiger partial charge in [-0.05, 0) is 38.8 Å². The molecule has 29 heavy (non-hydrogen) atoms. The van der Waals surface area contributed by atoms with Gasteiger partial charge in [0.05, 0.1) is 25.6 Å². The smallest absolute Gasteiger partial charge is 0.251 e. The average molecular weight is 423 g/mol. The maximum absolute atomic E-state index is 12.9. The van der Waals surface area contributed by atoms with Crippen LogP contribution in [0.25, 0.3) is 0 Å². The van der Waals surface area contributed by atoms with Crippen molar-refractivity contribution in [1.29, 1.82) is 0 Å². The highest BCUT2D eigenvalue weighted by atomic mass is 32.2. The van der Waals surface area contributed by atoms with Crippen LogP contribution >= 0.6 is 0 Å². The fourth-order valence-electron chi connectivity index (χ4n) is 3.50. The van der Waals surface area contributed by atoms with Gasteiger partial charge in [0, 0.05) is 30.8 Å². The lowest BCUT2D eigenvalue weighted by molar-refractivity contribution is 0.0923. The third-order valence-electron chi connectivity index (χ3n) is 5.06. The minimum Gasteiger partial charge on any atom is -0.497 e. The highest BCUT2D eigenvalue weighted by Crippen LogP contribution is 2.26. The van der Waals surface area contributed by atoms with Crippen molar-refractivity contribution in [1.82, 2.24) is 19.8 Å². The first-order valence-corrected chi connectivity index (χ1v) is 10.8. The standard InChI is InChI=1S/C19H26N4O5S/c1-12-18(13(2)22-21-12)29(25,26)23-7-5-15(6-8-23)20-19(24)14-9-16(27-3)11-17(10-14)28-4/h9-11,15H,5-8H2,1-4H3,(H,20,24)(H,21,22). The largest absolute Gasteiger partial charge is 0.497 e. The Morgan fingerprint density at radius 3 is 2.21 bits per heavy atom. The number of amides is 1. The Balaban J connectivity index is 1.65. The van der Waals surface area contributed by atoms with Crippen LogP contribution in [-0.2, 0) is 10.0 Å². The summed E-state index contributed by atoms with van der Waals surface area (Å²) in [6.45, 7) is 4.03. The molecule has 1 aromatic carbocycles. The average Bonchev–Trinajstić information content (AvgIpc) is 3.06. The SMILES string of the molecule is COc1cc(OC)cc(C(=O)NC2CCN(S(=O)(=O)c3c(C)n[nH]c3C)CC2)c1. The van der Waals surface area contributed by atoms with Gasteiger partial charge in [0.1, 0.15) is 16.4 Å². The molecule has 0 unspecified atom stereocenters. The van der Waals surface area contributed by atoms with Gasteiger partial charge in [-0.15, -0.1) is 0 Å². The molecule has 1 aliphatic rings. The number of rotatable bonds is 6. The molecule has 2 N–H and O–H groups in total. The molecule has 0 atom stereocenters. The van der Waals surface area contributed by atoms with Crippen molar-refractivity contribution in [3.63, 3.8) is 0 Å². The summed E-state index contributed by atoms with van der Waals surface area (Å²) in [5.41, 5.74) is 1.43. The molecule has 9 nitrogen and oxygen atoms in total. The molecule has 1 aliphatic heterocycles. The molecule has 10 heteroatoms. The van der Waals surface area contributed by atoms with E-state index in [0.717, 1.165) is 0 Å². The normalized spacial score (nSPS) is 15.9. The molecule has 0 spiro atoms. The van der Waals surface area contributed by atoms with Crippen molar-refractivity contribution in [2.45, 2.75) is 37.6 Å². The molecule has 3 rings (SSSR count). The minimum atomic E-state index is -3.61. The number of sulfonamides is 1. The quantitative estimate of drug-likeness (QED) is 0.731. The summed E-state index contributed by atoms with van der Waals surface area (Å²) in [4.78, 5) is 12.9. The molecule has 1 saturated heterocycles. The Bertz CT molecular complexity index is 952. The predicted octanol–water partition coefficient (Wildman–Crippen LogP) is 1.63. The van der Waals surface area contributed by atoms with E-state index in [2.05, 4.69) is 15.5 Å². The van der Waals surface area contributed by atoms with E-state index < -0.39 is 10.0 Å². The summed E-state index contributed by atoms with van der Waals surface area (Å²) < 4.78 is 37.7. The van der Waals surface area contributed by atoms with E-state index in [1.165, 1.54) is 18.5 Å². The Hall–Kier alpha value is -2.59. The number of H-pyrrole nitrogens is 1. The maximum Gasteiger partial charge on any atom is 0.251 e. The third-order valence-corrected chi connectivity index (χ3v) is 7.22. The van der Waals surface area contributed by atoms with Gasteiger partial charge in [0.15, 0.2) is 0 Å². The molecule has 158 valence electrons. The number of methoxy groups -OCH3 is 2. The van der Waals surface area contributed by atoms with E-state index in [1.54, 1.807) is 32.0 Å². The lowest BCUT2D eigenvalue weighted by Crippen LogP contribution is -2.46. The molecule has 1 aromatic heterocycles. The van der Waals surface area contributed by atoms with Gasteiger partial charge < -0.3 is 14.8 Å². The van der Waals surface area contributed by atoms with Gasteiger partial charge in [0.25, 0.3) is 5.91 Å². The van der Waals surface area contributed by atoms with Crippen LogP contribution in [0.2, 0.25) is 0 Å². The molecule has 0 radical (unpaired) electrons. The first-order chi connectivity index (χ1) is 13.8. The van der Waals surface area contributed by atoms with Crippen LogP contribution in [-0.4, -0.2) is 62.2 Å². The second kappa shape index (κ2) is 8.42. The van der Waals surface area contributed by atoms with E-state index in [4.69, 9.17) is 9.47 Å². The molecule has 2 aromatic rings. The van der Waals surface area contributed by atoms with E-state index in [1.807, 2.05) is 0 Å². The molecule has 1 amide bonds. The van der Waals surface area contributed by atoms with Gasteiger partial charge in [-0.2, -0.15) is 9.40 Å². The maximum atomic E-state index is 12.9. The third kappa shape index (κ3) is 4.38. The molecular weight excluding hydrogens is 396 g/mol. The van der Waals surface area contributed by atoms with Gasteiger partial charge in [-0.3, -0.25) is 9.89 Å². The number of benzene rings is 1. The Labute approximate surface area is 170 Å². The highest BCUT2D eigenvalue weighted by molar-refractivity contribution is 7.89. The van der Waals surface area contributed by atoms with Crippen molar-refractivity contribution < 1.29 is 22.7 Å². The second-order valence-electron chi connectivity index (χ2n) is 7.02. The fraction of sp³-hybridized carbons (Fsp3) is 0.474. The molecular formula is C19H26N4O5S. The number of hydrogen-bond donors (Lipinski definition) is 2. The predicted molar refractivity (Wildman–Crippen MR) is 107 cm³/mol. The van der Waals surface area contributed by atoms with E-state index in [0.29, 0.717) is 54.4 Å². The van der Waals surface area contributed by atoms with Crippen LogP contribution in [0.15, 0.2) is 23.1 Å². The number of carbonyl (C=O) groups is 1. The van der Waals surface area contributed by atoms with Crippen LogP contribution in [0.3, 0.4) is 0 Å². The molecule has 0 aliphatic carbocycles. The number of piperidine rings is 1. The molecule has 0 bridgehead atoms. The topological polar surface area (TPSA) is 114 Å². The first-order valence-electron chi connectivity index (χ1n) is 9.32. The summed E-state index contributed by atoms with van der Waals surface area (Å²) in [5.74, 6) is 0.813. The zero-order valence-electron chi connectivity index (χ0n) is 17.0. The number of hydrogen-bond acceptors (Lipinski definition) is 6. The summed E-state index contributed by atoms with van der Waals surface area (Å²) >= 11 is 0. The van der Waals surface area contributed by atoms with E-state index >= 15 is 0 Å². The van der Waals surface area contributed by atoms with Crippen molar-refractivity contribution in [3.8, 4) is 11.5 Å². The number of nitrogens with zero attached hydrogens (tertiary/aromatic N) is 2. The zero-order valence-corrected chi connectivity index (χ0v) is 17.8. The number of aromatic amines is 1. The van der Waals surface area contributed by atoms with Crippen LogP contribution in [0.1, 0.15) is 34.6 Å². The van der Waals surface area contributed by atoms with Crippen molar-refractivity contribution >= 4 is 15.9 Å². The summed E-state index contributed by atoms with van der Waals surface area (Å²) in [7, 11) is -0.561. The number of aryl methyl sites for hydroxylation is 2.